The van der Waals surface area contributed by atoms with Gasteiger partial charge in [-0.05, 0) is 0 Å². The lowest BCUT2D eigenvalue weighted by atomic mass is 10.2. The van der Waals surface area contributed by atoms with Crippen molar-refractivity contribution in [2.24, 2.45) is 17.5 Å². The average molecular weight is 298 g/mol. The van der Waals surface area contributed by atoms with E-state index >= 15 is 0 Å². The zero-order valence-electron chi connectivity index (χ0n) is 10.4. The topological polar surface area (TPSA) is 49.4 Å². The molecule has 6 heteroatoms. The molecule has 0 spiro atoms. The summed E-state index contributed by atoms with van der Waals surface area (Å²) >= 11 is 2.22. The van der Waals surface area contributed by atoms with Crippen LogP contribution in [0.3, 0.4) is 0 Å². The highest BCUT2D eigenvalue weighted by molar-refractivity contribution is 7.97. The maximum atomic E-state index is 4.33. The van der Waals surface area contributed by atoms with Crippen LogP contribution in [-0.2, 0) is 11.4 Å². The summed E-state index contributed by atoms with van der Waals surface area (Å²) in [6, 6.07) is 19.6. The van der Waals surface area contributed by atoms with Crippen molar-refractivity contribution in [3.63, 3.8) is 0 Å². The summed E-state index contributed by atoms with van der Waals surface area (Å²) in [6.07, 6.45) is 0. The van der Waals surface area contributed by atoms with Crippen molar-refractivity contribution in [2.75, 3.05) is 0 Å². The van der Waals surface area contributed by atoms with Crippen LogP contribution in [-0.4, -0.2) is 11.7 Å². The fraction of sp³-hybridized carbons (Fsp3) is 0. The second-order valence-electron chi connectivity index (χ2n) is 3.91. The predicted molar refractivity (Wildman–Crippen MR) is 85.8 cm³/mol. The lowest BCUT2D eigenvalue weighted by Gasteiger charge is -2.01. The van der Waals surface area contributed by atoms with Gasteiger partial charge in [0.2, 0.25) is 0 Å². The Morgan fingerprint density at radius 2 is 1.05 bits per heavy atom. The Morgan fingerprint density at radius 3 is 1.50 bits per heavy atom. The fourth-order valence-electron chi connectivity index (χ4n) is 1.61. The molecule has 0 fully saturated rings. The van der Waals surface area contributed by atoms with Crippen molar-refractivity contribution in [2.45, 2.75) is 0 Å². The van der Waals surface area contributed by atoms with Crippen molar-refractivity contribution in [3.05, 3.63) is 71.8 Å². The molecule has 0 saturated heterocycles. The summed E-state index contributed by atoms with van der Waals surface area (Å²) in [6.45, 7) is 0. The third kappa shape index (κ3) is 3.09. The molecule has 0 atom stereocenters. The SMILES string of the molecule is c1ccc(C2=NS/N=C(\c3ccccc3)N=S=N2)cc1. The normalized spacial score (nSPS) is 17.2. The van der Waals surface area contributed by atoms with Crippen LogP contribution in [0.15, 0.2) is 78.2 Å². The Labute approximate surface area is 124 Å². The summed E-state index contributed by atoms with van der Waals surface area (Å²) < 4.78 is 17.3. The van der Waals surface area contributed by atoms with E-state index in [-0.39, 0.29) is 0 Å². The molecule has 1 aliphatic heterocycles. The van der Waals surface area contributed by atoms with Crippen LogP contribution in [0.25, 0.3) is 0 Å². The molecule has 1 heterocycles. The maximum Gasteiger partial charge on any atom is 0.183 e. The monoisotopic (exact) mass is 298 g/mol. The van der Waals surface area contributed by atoms with Gasteiger partial charge in [-0.2, -0.15) is 17.5 Å². The standard InChI is InChI=1S/C14H10N4S2/c1-3-7-11(8-4-1)13-15-19-17-14(18-20-16-13)12-9-5-2-6-10-12/h1-10H/b15-13+,17-14?. The molecule has 0 amide bonds. The first-order valence-electron chi connectivity index (χ1n) is 5.95. The van der Waals surface area contributed by atoms with Gasteiger partial charge in [-0.15, -0.1) is 0 Å². The van der Waals surface area contributed by atoms with E-state index in [0.717, 1.165) is 34.6 Å². The molecular formula is C14H10N4S2. The summed E-state index contributed by atoms with van der Waals surface area (Å²) in [7, 11) is 0. The van der Waals surface area contributed by atoms with E-state index in [0.29, 0.717) is 11.7 Å². The molecule has 2 aromatic carbocycles. The van der Waals surface area contributed by atoms with Gasteiger partial charge in [0.05, 0.1) is 11.4 Å². The summed E-state index contributed by atoms with van der Waals surface area (Å²) in [5.74, 6) is 1.28. The molecule has 0 bridgehead atoms. The van der Waals surface area contributed by atoms with Crippen LogP contribution in [0.2, 0.25) is 0 Å². The molecule has 0 unspecified atom stereocenters. The molecule has 0 saturated carbocycles. The molecule has 1 aliphatic rings. The van der Waals surface area contributed by atoms with E-state index in [1.54, 1.807) is 0 Å². The minimum Gasteiger partial charge on any atom is -0.171 e. The van der Waals surface area contributed by atoms with Gasteiger partial charge in [0.25, 0.3) is 0 Å². The van der Waals surface area contributed by atoms with Crippen LogP contribution >= 0.6 is 12.1 Å². The fourth-order valence-corrected chi connectivity index (χ4v) is 2.69. The Morgan fingerprint density at radius 1 is 0.600 bits per heavy atom. The van der Waals surface area contributed by atoms with Crippen LogP contribution in [0.5, 0.6) is 0 Å². The van der Waals surface area contributed by atoms with Gasteiger partial charge >= 0.3 is 0 Å². The maximum absolute atomic E-state index is 4.33. The van der Waals surface area contributed by atoms with Gasteiger partial charge in [0, 0.05) is 11.1 Å². The summed E-state index contributed by atoms with van der Waals surface area (Å²) in [5.41, 5.74) is 1.92. The van der Waals surface area contributed by atoms with Crippen molar-refractivity contribution in [3.8, 4) is 0 Å². The Kier molecular flexibility index (Phi) is 4.15. The molecule has 3 rings (SSSR count). The van der Waals surface area contributed by atoms with Gasteiger partial charge in [-0.3, -0.25) is 0 Å². The largest absolute Gasteiger partial charge is 0.183 e. The van der Waals surface area contributed by atoms with E-state index in [2.05, 4.69) is 17.5 Å². The van der Waals surface area contributed by atoms with Crippen molar-refractivity contribution >= 4 is 35.2 Å². The number of nitrogens with zero attached hydrogens (tertiary/aromatic N) is 4. The number of hydrogen-bond donors (Lipinski definition) is 0. The molecule has 0 radical (unpaired) electrons. The molecule has 4 nitrogen and oxygen atoms in total. The summed E-state index contributed by atoms with van der Waals surface area (Å²) in [4.78, 5) is 0. The first-order valence-corrected chi connectivity index (χ1v) is 7.41. The predicted octanol–water partition coefficient (Wildman–Crippen LogP) is 3.91. The smallest absolute Gasteiger partial charge is 0.171 e. The van der Waals surface area contributed by atoms with E-state index < -0.39 is 0 Å². The lowest BCUT2D eigenvalue weighted by Crippen LogP contribution is -1.98. The van der Waals surface area contributed by atoms with Gasteiger partial charge in [0.1, 0.15) is 12.1 Å². The lowest BCUT2D eigenvalue weighted by molar-refractivity contribution is 1.54. The van der Waals surface area contributed by atoms with E-state index in [9.17, 15) is 0 Å². The quantitative estimate of drug-likeness (QED) is 0.775. The zero-order valence-corrected chi connectivity index (χ0v) is 12.0. The number of hydrogen-bond acceptors (Lipinski definition) is 5. The molecule has 0 N–H and O–H groups in total. The minimum absolute atomic E-state index is 0.639. The van der Waals surface area contributed by atoms with Crippen molar-refractivity contribution in [1.82, 2.24) is 0 Å². The molecule has 20 heavy (non-hydrogen) atoms. The first kappa shape index (κ1) is 13.0. The number of benzene rings is 2. The number of rotatable bonds is 2. The third-order valence-corrected chi connectivity index (χ3v) is 3.59. The van der Waals surface area contributed by atoms with Gasteiger partial charge < -0.3 is 0 Å². The number of amidine groups is 2. The van der Waals surface area contributed by atoms with Gasteiger partial charge in [-0.1, -0.05) is 60.7 Å². The van der Waals surface area contributed by atoms with Crippen LogP contribution in [0.4, 0.5) is 0 Å². The van der Waals surface area contributed by atoms with Crippen molar-refractivity contribution < 1.29 is 0 Å². The van der Waals surface area contributed by atoms with Crippen LogP contribution in [0, 0.1) is 0 Å². The highest BCUT2D eigenvalue weighted by Crippen LogP contribution is 2.15. The van der Waals surface area contributed by atoms with E-state index in [1.165, 1.54) is 0 Å². The van der Waals surface area contributed by atoms with E-state index in [1.807, 2.05) is 60.7 Å². The molecule has 0 aromatic heterocycles. The molecule has 0 aliphatic carbocycles. The highest BCUT2D eigenvalue weighted by Gasteiger charge is 2.05. The molecule has 2 aromatic rings. The Hall–Kier alpha value is -2.05. The first-order chi connectivity index (χ1) is 9.93. The Bertz CT molecular complexity index is 658. The summed E-state index contributed by atoms with van der Waals surface area (Å²) in [5, 5.41) is 0. The minimum atomic E-state index is 0.639. The van der Waals surface area contributed by atoms with Crippen molar-refractivity contribution in [1.29, 1.82) is 0 Å². The molecule has 98 valence electrons. The Balaban J connectivity index is 1.89. The third-order valence-electron chi connectivity index (χ3n) is 2.57. The highest BCUT2D eigenvalue weighted by atomic mass is 32.2. The van der Waals surface area contributed by atoms with Gasteiger partial charge in [-0.25, -0.2) is 0 Å². The second-order valence-corrected chi connectivity index (χ2v) is 4.96. The van der Waals surface area contributed by atoms with E-state index in [4.69, 9.17) is 0 Å². The zero-order chi connectivity index (χ0) is 13.6. The van der Waals surface area contributed by atoms with Gasteiger partial charge in [0.15, 0.2) is 11.7 Å². The second kappa shape index (κ2) is 6.40. The molecular weight excluding hydrogens is 288 g/mol. The van der Waals surface area contributed by atoms with Crippen LogP contribution < -0.4 is 0 Å². The van der Waals surface area contributed by atoms with Crippen LogP contribution in [0.1, 0.15) is 11.1 Å². The average Bonchev–Trinajstić information content (AvgIpc) is 2.49.